The molecule has 172 valence electrons. The fourth-order valence-corrected chi connectivity index (χ4v) is 5.74. The van der Waals surface area contributed by atoms with Crippen LogP contribution in [0.4, 0.5) is 8.78 Å². The molecule has 33 heavy (non-hydrogen) atoms. The van der Waals surface area contributed by atoms with Gasteiger partial charge in [0.2, 0.25) is 0 Å². The van der Waals surface area contributed by atoms with Crippen LogP contribution in [0.15, 0.2) is 78.9 Å². The fraction of sp³-hybridized carbons (Fsp3) is 0.379. The third kappa shape index (κ3) is 5.34. The predicted molar refractivity (Wildman–Crippen MR) is 129 cm³/mol. The highest BCUT2D eigenvalue weighted by Gasteiger charge is 2.36. The molecule has 0 radical (unpaired) electrons. The van der Waals surface area contributed by atoms with Gasteiger partial charge in [0, 0.05) is 32.1 Å². The number of benzene rings is 3. The quantitative estimate of drug-likeness (QED) is 0.454. The highest BCUT2D eigenvalue weighted by atomic mass is 19.2. The van der Waals surface area contributed by atoms with Crippen LogP contribution in [-0.4, -0.2) is 42.5 Å². The zero-order valence-electron chi connectivity index (χ0n) is 19.0. The minimum Gasteiger partial charge on any atom is -0.303 e. The van der Waals surface area contributed by atoms with E-state index in [1.54, 1.807) is 6.07 Å². The van der Waals surface area contributed by atoms with Gasteiger partial charge in [-0.2, -0.15) is 0 Å². The van der Waals surface area contributed by atoms with Crippen LogP contribution in [0.1, 0.15) is 41.4 Å². The van der Waals surface area contributed by atoms with Crippen molar-refractivity contribution in [3.05, 3.63) is 107 Å². The molecule has 5 rings (SSSR count). The largest absolute Gasteiger partial charge is 0.303 e. The van der Waals surface area contributed by atoms with Crippen molar-refractivity contribution in [2.45, 2.75) is 31.2 Å². The van der Waals surface area contributed by atoms with Crippen molar-refractivity contribution in [1.82, 2.24) is 9.80 Å². The average Bonchev–Trinajstić information content (AvgIpc) is 3.24. The molecule has 0 aliphatic carbocycles. The standard InChI is InChI=1S/C29H32F2N2/c30-28-12-11-25(17-29(28)31)27-21-33(18-22-7-3-1-4-8-22)20-26(27)19-32-15-13-24(14-16-32)23-9-5-2-6-10-23/h1-12,17,24,26-27H,13-16,18-21H2. The maximum Gasteiger partial charge on any atom is 0.159 e. The summed E-state index contributed by atoms with van der Waals surface area (Å²) in [5, 5.41) is 0. The summed E-state index contributed by atoms with van der Waals surface area (Å²) >= 11 is 0. The van der Waals surface area contributed by atoms with Gasteiger partial charge in [-0.25, -0.2) is 8.78 Å². The maximum absolute atomic E-state index is 14.1. The van der Waals surface area contributed by atoms with E-state index in [1.165, 1.54) is 36.1 Å². The smallest absolute Gasteiger partial charge is 0.159 e. The highest BCUT2D eigenvalue weighted by molar-refractivity contribution is 5.25. The lowest BCUT2D eigenvalue weighted by Gasteiger charge is -2.35. The normalized spacial score (nSPS) is 22.6. The molecule has 3 aromatic rings. The highest BCUT2D eigenvalue weighted by Crippen LogP contribution is 2.36. The number of piperidine rings is 1. The second-order valence-electron chi connectivity index (χ2n) is 9.71. The number of likely N-dealkylation sites (tertiary alicyclic amines) is 2. The van der Waals surface area contributed by atoms with Gasteiger partial charge in [0.15, 0.2) is 11.6 Å². The summed E-state index contributed by atoms with van der Waals surface area (Å²) in [4.78, 5) is 5.06. The second kappa shape index (κ2) is 10.1. The molecule has 2 heterocycles. The van der Waals surface area contributed by atoms with E-state index in [-0.39, 0.29) is 5.92 Å². The molecule has 2 nitrogen and oxygen atoms in total. The summed E-state index contributed by atoms with van der Waals surface area (Å²) in [7, 11) is 0. The summed E-state index contributed by atoms with van der Waals surface area (Å²) in [6.45, 7) is 5.96. The van der Waals surface area contributed by atoms with Gasteiger partial charge < -0.3 is 4.90 Å². The van der Waals surface area contributed by atoms with Crippen molar-refractivity contribution < 1.29 is 8.78 Å². The molecule has 2 atom stereocenters. The monoisotopic (exact) mass is 446 g/mol. The van der Waals surface area contributed by atoms with Crippen molar-refractivity contribution in [1.29, 1.82) is 0 Å². The molecule has 4 heteroatoms. The molecule has 0 bridgehead atoms. The van der Waals surface area contributed by atoms with Crippen LogP contribution in [0.2, 0.25) is 0 Å². The van der Waals surface area contributed by atoms with E-state index >= 15 is 0 Å². The van der Waals surface area contributed by atoms with Crippen LogP contribution in [0, 0.1) is 17.6 Å². The number of rotatable bonds is 6. The molecule has 0 N–H and O–H groups in total. The van der Waals surface area contributed by atoms with Crippen molar-refractivity contribution in [3.63, 3.8) is 0 Å². The van der Waals surface area contributed by atoms with Crippen LogP contribution in [-0.2, 0) is 6.54 Å². The van der Waals surface area contributed by atoms with Gasteiger partial charge in [0.05, 0.1) is 0 Å². The van der Waals surface area contributed by atoms with Crippen molar-refractivity contribution >= 4 is 0 Å². The van der Waals surface area contributed by atoms with Gasteiger partial charge in [-0.1, -0.05) is 66.7 Å². The number of hydrogen-bond acceptors (Lipinski definition) is 2. The lowest BCUT2D eigenvalue weighted by atomic mass is 9.86. The Hall–Kier alpha value is -2.56. The van der Waals surface area contributed by atoms with Gasteiger partial charge >= 0.3 is 0 Å². The SMILES string of the molecule is Fc1ccc(C2CN(Cc3ccccc3)CC2CN2CCC(c3ccccc3)CC2)cc1F. The first-order chi connectivity index (χ1) is 16.2. The molecule has 0 saturated carbocycles. The number of hydrogen-bond donors (Lipinski definition) is 0. The number of nitrogens with zero attached hydrogens (tertiary/aromatic N) is 2. The van der Waals surface area contributed by atoms with E-state index < -0.39 is 11.6 Å². The summed E-state index contributed by atoms with van der Waals surface area (Å²) < 4.78 is 27.7. The average molecular weight is 447 g/mol. The molecule has 2 aliphatic rings. The van der Waals surface area contributed by atoms with Gasteiger partial charge in [-0.05, 0) is 66.6 Å². The zero-order chi connectivity index (χ0) is 22.6. The van der Waals surface area contributed by atoms with Gasteiger partial charge in [-0.15, -0.1) is 0 Å². The summed E-state index contributed by atoms with van der Waals surface area (Å²) in [6.07, 6.45) is 2.36. The van der Waals surface area contributed by atoms with Crippen LogP contribution in [0.3, 0.4) is 0 Å². The van der Waals surface area contributed by atoms with Gasteiger partial charge in [0.25, 0.3) is 0 Å². The van der Waals surface area contributed by atoms with E-state index in [9.17, 15) is 8.78 Å². The second-order valence-corrected chi connectivity index (χ2v) is 9.71. The number of halogens is 2. The van der Waals surface area contributed by atoms with Crippen LogP contribution in [0.25, 0.3) is 0 Å². The zero-order valence-corrected chi connectivity index (χ0v) is 19.0. The lowest BCUT2D eigenvalue weighted by Crippen LogP contribution is -2.38. The molecular weight excluding hydrogens is 414 g/mol. The molecular formula is C29H32F2N2. The molecule has 3 aromatic carbocycles. The fourth-order valence-electron chi connectivity index (χ4n) is 5.74. The van der Waals surface area contributed by atoms with E-state index in [0.717, 1.165) is 44.8 Å². The van der Waals surface area contributed by atoms with Crippen LogP contribution >= 0.6 is 0 Å². The van der Waals surface area contributed by atoms with Crippen molar-refractivity contribution in [2.75, 3.05) is 32.7 Å². The third-order valence-corrected chi connectivity index (χ3v) is 7.49. The first kappa shape index (κ1) is 22.2. The Morgan fingerprint density at radius 3 is 2.09 bits per heavy atom. The first-order valence-corrected chi connectivity index (χ1v) is 12.1. The third-order valence-electron chi connectivity index (χ3n) is 7.49. The topological polar surface area (TPSA) is 6.48 Å². The molecule has 2 aliphatic heterocycles. The maximum atomic E-state index is 14.1. The summed E-state index contributed by atoms with van der Waals surface area (Å²) in [6, 6.07) is 25.8. The summed E-state index contributed by atoms with van der Waals surface area (Å²) in [5.74, 6) is -0.237. The Kier molecular flexibility index (Phi) is 6.84. The summed E-state index contributed by atoms with van der Waals surface area (Å²) in [5.41, 5.74) is 3.67. The minimum atomic E-state index is -0.766. The van der Waals surface area contributed by atoms with Gasteiger partial charge in [0.1, 0.15) is 0 Å². The Morgan fingerprint density at radius 1 is 0.697 bits per heavy atom. The lowest BCUT2D eigenvalue weighted by molar-refractivity contribution is 0.177. The molecule has 2 unspecified atom stereocenters. The van der Waals surface area contributed by atoms with Crippen LogP contribution < -0.4 is 0 Å². The van der Waals surface area contributed by atoms with E-state index in [1.807, 2.05) is 6.07 Å². The Balaban J connectivity index is 1.27. The van der Waals surface area contributed by atoms with Crippen LogP contribution in [0.5, 0.6) is 0 Å². The Morgan fingerprint density at radius 2 is 1.39 bits per heavy atom. The predicted octanol–water partition coefficient (Wildman–Crippen LogP) is 6.06. The minimum absolute atomic E-state index is 0.218. The van der Waals surface area contributed by atoms with Crippen molar-refractivity contribution in [3.8, 4) is 0 Å². The van der Waals surface area contributed by atoms with Gasteiger partial charge in [-0.3, -0.25) is 4.90 Å². The molecule has 0 spiro atoms. The molecule has 0 amide bonds. The Labute approximate surface area is 195 Å². The molecule has 0 aromatic heterocycles. The van der Waals surface area contributed by atoms with E-state index in [0.29, 0.717) is 11.8 Å². The first-order valence-electron chi connectivity index (χ1n) is 12.1. The Bertz CT molecular complexity index is 1030. The van der Waals surface area contributed by atoms with E-state index in [2.05, 4.69) is 64.4 Å². The molecule has 2 fully saturated rings. The van der Waals surface area contributed by atoms with E-state index in [4.69, 9.17) is 0 Å². The molecule has 2 saturated heterocycles. The van der Waals surface area contributed by atoms with Crippen molar-refractivity contribution in [2.24, 2.45) is 5.92 Å².